The first kappa shape index (κ1) is 20.0. The molecule has 0 atom stereocenters. The van der Waals surface area contributed by atoms with E-state index in [9.17, 15) is 0 Å². The van der Waals surface area contributed by atoms with Crippen molar-refractivity contribution in [2.45, 2.75) is 33.6 Å². The highest BCUT2D eigenvalue weighted by atomic mass is 127. The minimum absolute atomic E-state index is 0. The molecule has 0 saturated heterocycles. The predicted molar refractivity (Wildman–Crippen MR) is 101 cm³/mol. The summed E-state index contributed by atoms with van der Waals surface area (Å²) in [5.74, 6) is 2.10. The maximum atomic E-state index is 5.83. The lowest BCUT2D eigenvalue weighted by Gasteiger charge is -2.10. The molecule has 0 saturated carbocycles. The topological polar surface area (TPSA) is 59.6 Å². The normalized spacial score (nSPS) is 11.2. The van der Waals surface area contributed by atoms with Crippen molar-refractivity contribution in [1.29, 1.82) is 0 Å². The zero-order valence-electron chi connectivity index (χ0n) is 13.5. The second-order valence-corrected chi connectivity index (χ2v) is 5.44. The minimum atomic E-state index is 0. The molecule has 1 aromatic rings. The fraction of sp³-hybridized carbons (Fsp3) is 0.562. The van der Waals surface area contributed by atoms with E-state index >= 15 is 0 Å². The summed E-state index contributed by atoms with van der Waals surface area (Å²) >= 11 is 0. The Morgan fingerprint density at radius 1 is 1.38 bits per heavy atom. The number of rotatable bonds is 7. The van der Waals surface area contributed by atoms with Gasteiger partial charge >= 0.3 is 0 Å². The number of nitrogens with two attached hydrogens (primary N) is 1. The molecule has 5 heteroatoms. The number of methoxy groups -OCH3 is 1. The van der Waals surface area contributed by atoms with Crippen molar-refractivity contribution in [1.82, 2.24) is 5.32 Å². The smallest absolute Gasteiger partial charge is 0.188 e. The number of hydrogen-bond acceptors (Lipinski definition) is 2. The van der Waals surface area contributed by atoms with Crippen LogP contribution in [0.5, 0.6) is 5.75 Å². The molecule has 0 amide bonds. The number of nitrogens with one attached hydrogen (secondary N) is 1. The second kappa shape index (κ2) is 10.7. The molecule has 0 aromatic heterocycles. The molecule has 1 rings (SSSR count). The largest absolute Gasteiger partial charge is 0.496 e. The van der Waals surface area contributed by atoms with Gasteiger partial charge < -0.3 is 15.8 Å². The number of halogens is 1. The van der Waals surface area contributed by atoms with Crippen molar-refractivity contribution >= 4 is 29.9 Å². The van der Waals surface area contributed by atoms with Crippen LogP contribution < -0.4 is 15.8 Å². The molecule has 4 nitrogen and oxygen atoms in total. The Morgan fingerprint density at radius 3 is 2.71 bits per heavy atom. The summed E-state index contributed by atoms with van der Waals surface area (Å²) in [4.78, 5) is 4.31. The first-order valence-corrected chi connectivity index (χ1v) is 7.20. The van der Waals surface area contributed by atoms with E-state index in [1.54, 1.807) is 7.11 Å². The van der Waals surface area contributed by atoms with E-state index in [4.69, 9.17) is 10.5 Å². The highest BCUT2D eigenvalue weighted by Gasteiger charge is 2.03. The molecule has 120 valence electrons. The number of aliphatic imine (C=N–C) groups is 1. The molecule has 0 aliphatic heterocycles. The van der Waals surface area contributed by atoms with Crippen LogP contribution in [-0.2, 0) is 6.42 Å². The van der Waals surface area contributed by atoms with E-state index in [1.807, 2.05) is 6.07 Å². The van der Waals surface area contributed by atoms with Crippen molar-refractivity contribution in [3.8, 4) is 5.75 Å². The number of aryl methyl sites for hydroxylation is 1. The molecule has 3 N–H and O–H groups in total. The van der Waals surface area contributed by atoms with Crippen LogP contribution in [0.25, 0.3) is 0 Å². The van der Waals surface area contributed by atoms with Crippen LogP contribution >= 0.6 is 24.0 Å². The molecule has 0 aliphatic carbocycles. The maximum Gasteiger partial charge on any atom is 0.188 e. The van der Waals surface area contributed by atoms with E-state index in [0.717, 1.165) is 31.7 Å². The number of guanidine groups is 1. The molecule has 1 aromatic carbocycles. The van der Waals surface area contributed by atoms with Crippen LogP contribution in [-0.4, -0.2) is 26.2 Å². The van der Waals surface area contributed by atoms with Crippen LogP contribution in [0.4, 0.5) is 0 Å². The maximum absolute atomic E-state index is 5.83. The Bertz CT molecular complexity index is 447. The monoisotopic (exact) mass is 405 g/mol. The fourth-order valence-corrected chi connectivity index (χ4v) is 1.93. The van der Waals surface area contributed by atoms with Crippen molar-refractivity contribution in [2.24, 2.45) is 16.6 Å². The molecular formula is C16H28IN3O. The van der Waals surface area contributed by atoms with Crippen molar-refractivity contribution in [2.75, 3.05) is 20.2 Å². The van der Waals surface area contributed by atoms with Gasteiger partial charge in [0.25, 0.3) is 0 Å². The second-order valence-electron chi connectivity index (χ2n) is 5.44. The Hall–Kier alpha value is -0.980. The first-order valence-electron chi connectivity index (χ1n) is 7.20. The standard InChI is InChI=1S/C16H27N3O.HI/c1-12(2)7-9-18-16(17)19-10-8-14-11-13(3)5-6-15(14)20-4;/h5-6,11-12H,7-10H2,1-4H3,(H3,17,18,19);1H. The highest BCUT2D eigenvalue weighted by Crippen LogP contribution is 2.19. The lowest BCUT2D eigenvalue weighted by molar-refractivity contribution is 0.409. The zero-order valence-corrected chi connectivity index (χ0v) is 15.8. The summed E-state index contributed by atoms with van der Waals surface area (Å²) in [6, 6.07) is 6.20. The Labute approximate surface area is 145 Å². The van der Waals surface area contributed by atoms with Crippen molar-refractivity contribution in [3.63, 3.8) is 0 Å². The average Bonchev–Trinajstić information content (AvgIpc) is 2.38. The van der Waals surface area contributed by atoms with Gasteiger partial charge in [-0.15, -0.1) is 24.0 Å². The molecular weight excluding hydrogens is 377 g/mol. The van der Waals surface area contributed by atoms with Crippen molar-refractivity contribution < 1.29 is 4.74 Å². The molecule has 21 heavy (non-hydrogen) atoms. The third-order valence-corrected chi connectivity index (χ3v) is 3.12. The van der Waals surface area contributed by atoms with Gasteiger partial charge in [-0.3, -0.25) is 4.99 Å². The molecule has 0 heterocycles. The van der Waals surface area contributed by atoms with Gasteiger partial charge in [0.05, 0.1) is 7.11 Å². The molecule has 0 radical (unpaired) electrons. The van der Waals surface area contributed by atoms with Gasteiger partial charge in [-0.25, -0.2) is 0 Å². The Balaban J connectivity index is 0.00000400. The van der Waals surface area contributed by atoms with Crippen LogP contribution in [0.3, 0.4) is 0 Å². The predicted octanol–water partition coefficient (Wildman–Crippen LogP) is 3.11. The number of ether oxygens (including phenoxy) is 1. The molecule has 0 aliphatic rings. The van der Waals surface area contributed by atoms with Gasteiger partial charge in [0.1, 0.15) is 5.75 Å². The molecule has 0 unspecified atom stereocenters. The zero-order chi connectivity index (χ0) is 15.0. The van der Waals surface area contributed by atoms with Gasteiger partial charge in [-0.05, 0) is 37.3 Å². The van der Waals surface area contributed by atoms with E-state index in [2.05, 4.69) is 43.2 Å². The average molecular weight is 405 g/mol. The van der Waals surface area contributed by atoms with Gasteiger partial charge in [-0.2, -0.15) is 0 Å². The van der Waals surface area contributed by atoms with E-state index < -0.39 is 0 Å². The SMILES string of the molecule is COc1ccc(C)cc1CCNC(N)=NCCC(C)C.I. The Morgan fingerprint density at radius 2 is 2.10 bits per heavy atom. The summed E-state index contributed by atoms with van der Waals surface area (Å²) in [7, 11) is 1.70. The van der Waals surface area contributed by atoms with Crippen molar-refractivity contribution in [3.05, 3.63) is 29.3 Å². The summed E-state index contributed by atoms with van der Waals surface area (Å²) in [6.07, 6.45) is 1.93. The number of nitrogens with zero attached hydrogens (tertiary/aromatic N) is 1. The first-order chi connectivity index (χ1) is 9.52. The summed E-state index contributed by atoms with van der Waals surface area (Å²) in [5, 5.41) is 3.15. The van der Waals surface area contributed by atoms with E-state index in [0.29, 0.717) is 11.9 Å². The lowest BCUT2D eigenvalue weighted by Crippen LogP contribution is -2.33. The minimum Gasteiger partial charge on any atom is -0.496 e. The van der Waals surface area contributed by atoms with Crippen LogP contribution in [0.1, 0.15) is 31.4 Å². The van der Waals surface area contributed by atoms with Gasteiger partial charge in [0.15, 0.2) is 5.96 Å². The van der Waals surface area contributed by atoms with Gasteiger partial charge in [-0.1, -0.05) is 31.5 Å². The molecule has 0 fully saturated rings. The Kier molecular flexibility index (Phi) is 10.2. The highest BCUT2D eigenvalue weighted by molar-refractivity contribution is 14.0. The third-order valence-electron chi connectivity index (χ3n) is 3.12. The van der Waals surface area contributed by atoms with Gasteiger partial charge in [0.2, 0.25) is 0 Å². The van der Waals surface area contributed by atoms with Gasteiger partial charge in [0, 0.05) is 13.1 Å². The van der Waals surface area contributed by atoms with Crippen LogP contribution in [0.2, 0.25) is 0 Å². The third kappa shape index (κ3) is 8.14. The quantitative estimate of drug-likeness (QED) is 0.416. The summed E-state index contributed by atoms with van der Waals surface area (Å²) < 4.78 is 5.36. The fourth-order valence-electron chi connectivity index (χ4n) is 1.93. The molecule has 0 spiro atoms. The lowest BCUT2D eigenvalue weighted by atomic mass is 10.1. The van der Waals surface area contributed by atoms with E-state index in [1.165, 1.54) is 11.1 Å². The summed E-state index contributed by atoms with van der Waals surface area (Å²) in [6.45, 7) is 7.99. The molecule has 0 bridgehead atoms. The van der Waals surface area contributed by atoms with E-state index in [-0.39, 0.29) is 24.0 Å². The number of hydrogen-bond donors (Lipinski definition) is 2. The number of benzene rings is 1. The summed E-state index contributed by atoms with van der Waals surface area (Å²) in [5.41, 5.74) is 8.26. The van der Waals surface area contributed by atoms with Crippen LogP contribution in [0.15, 0.2) is 23.2 Å². The van der Waals surface area contributed by atoms with Crippen LogP contribution in [0, 0.1) is 12.8 Å².